The highest BCUT2D eigenvalue weighted by atomic mass is 32.2. The quantitative estimate of drug-likeness (QED) is 0.416. The maximum atomic E-state index is 12.1. The van der Waals surface area contributed by atoms with Crippen molar-refractivity contribution in [3.8, 4) is 0 Å². The van der Waals surface area contributed by atoms with Crippen LogP contribution < -0.4 is 10.9 Å². The summed E-state index contributed by atoms with van der Waals surface area (Å²) in [6.07, 6.45) is 1.09. The molecule has 2 aromatic rings. The zero-order valence-electron chi connectivity index (χ0n) is 14.7. The summed E-state index contributed by atoms with van der Waals surface area (Å²) in [4.78, 5) is 31.0. The number of nitrogens with zero attached hydrogens (tertiary/aromatic N) is 1. The molecule has 7 heteroatoms. The smallest absolute Gasteiger partial charge is 0.251 e. The lowest BCUT2D eigenvalue weighted by Gasteiger charge is -2.09. The van der Waals surface area contributed by atoms with Gasteiger partial charge in [0, 0.05) is 17.5 Å². The van der Waals surface area contributed by atoms with Crippen LogP contribution in [0.1, 0.15) is 30.2 Å². The van der Waals surface area contributed by atoms with Gasteiger partial charge >= 0.3 is 0 Å². The van der Waals surface area contributed by atoms with Crippen LogP contribution in [-0.2, 0) is 10.5 Å². The predicted molar refractivity (Wildman–Crippen MR) is 107 cm³/mol. The molecular weight excluding hydrogens is 354 g/mol. The molecule has 5 nitrogen and oxygen atoms in total. The van der Waals surface area contributed by atoms with Gasteiger partial charge in [-0.3, -0.25) is 9.59 Å². The van der Waals surface area contributed by atoms with Crippen LogP contribution in [-0.4, -0.2) is 27.4 Å². The number of hydrogen-bond donors (Lipinski definition) is 2. The van der Waals surface area contributed by atoms with E-state index in [0.717, 1.165) is 34.7 Å². The minimum atomic E-state index is -0.181. The van der Waals surface area contributed by atoms with Crippen LogP contribution in [0, 0.1) is 13.8 Å². The lowest BCUT2D eigenvalue weighted by Crippen LogP contribution is -2.16. The third kappa shape index (κ3) is 6.59. The zero-order valence-corrected chi connectivity index (χ0v) is 16.4. The molecule has 1 heterocycles. The first kappa shape index (κ1) is 19.6. The van der Waals surface area contributed by atoms with E-state index in [9.17, 15) is 9.59 Å². The molecule has 0 unspecified atom stereocenters. The second-order valence-electron chi connectivity index (χ2n) is 5.75. The van der Waals surface area contributed by atoms with Gasteiger partial charge in [-0.25, -0.2) is 4.98 Å². The third-order valence-electron chi connectivity index (χ3n) is 3.37. The van der Waals surface area contributed by atoms with Gasteiger partial charge in [0.05, 0.1) is 11.4 Å². The molecule has 0 aliphatic rings. The summed E-state index contributed by atoms with van der Waals surface area (Å²) in [6, 6.07) is 7.41. The number of aromatic nitrogens is 2. The Hall–Kier alpha value is -1.73. The summed E-state index contributed by atoms with van der Waals surface area (Å²) >= 11 is 2.99. The summed E-state index contributed by atoms with van der Waals surface area (Å²) in [5.74, 6) is 1.82. The molecule has 0 bridgehead atoms. The van der Waals surface area contributed by atoms with Gasteiger partial charge in [0.2, 0.25) is 5.91 Å². The van der Waals surface area contributed by atoms with Gasteiger partial charge < -0.3 is 10.3 Å². The fraction of sp³-hybridized carbons (Fsp3) is 0.389. The summed E-state index contributed by atoms with van der Waals surface area (Å²) in [6.45, 7) is 6.10. The topological polar surface area (TPSA) is 74.8 Å². The first-order chi connectivity index (χ1) is 12.0. The molecule has 0 fully saturated rings. The van der Waals surface area contributed by atoms with Crippen LogP contribution in [0.15, 0.2) is 34.2 Å². The zero-order chi connectivity index (χ0) is 18.2. The first-order valence-electron chi connectivity index (χ1n) is 8.16. The van der Waals surface area contributed by atoms with E-state index in [1.807, 2.05) is 32.0 Å². The summed E-state index contributed by atoms with van der Waals surface area (Å²) in [5.41, 5.74) is 3.56. The monoisotopic (exact) mass is 377 g/mol. The van der Waals surface area contributed by atoms with Crippen molar-refractivity contribution in [2.75, 3.05) is 16.8 Å². The Labute approximate surface area is 156 Å². The standard InChI is InChI=1S/C18H23N3O2S2/c1-4-7-24-10-14-9-16(22)21-18(19-14)25-11-17(23)20-15-6-5-12(2)8-13(15)3/h5-6,8-9H,4,7,10-11H2,1-3H3,(H,20,23)(H,19,21,22). The van der Waals surface area contributed by atoms with Gasteiger partial charge in [0.15, 0.2) is 5.16 Å². The largest absolute Gasteiger partial charge is 0.325 e. The van der Waals surface area contributed by atoms with Crippen molar-refractivity contribution in [3.63, 3.8) is 0 Å². The molecule has 0 aliphatic carbocycles. The van der Waals surface area contributed by atoms with Crippen LogP contribution in [0.2, 0.25) is 0 Å². The highest BCUT2D eigenvalue weighted by molar-refractivity contribution is 7.99. The molecule has 25 heavy (non-hydrogen) atoms. The average molecular weight is 378 g/mol. The second kappa shape index (κ2) is 9.68. The van der Waals surface area contributed by atoms with Crippen LogP contribution in [0.3, 0.4) is 0 Å². The number of thioether (sulfide) groups is 2. The number of benzene rings is 1. The Bertz CT molecular complexity index is 790. The summed E-state index contributed by atoms with van der Waals surface area (Å²) in [5, 5.41) is 3.38. The number of H-pyrrole nitrogens is 1. The average Bonchev–Trinajstić information content (AvgIpc) is 2.55. The third-order valence-corrected chi connectivity index (χ3v) is 5.44. The molecule has 2 rings (SSSR count). The van der Waals surface area contributed by atoms with E-state index in [0.29, 0.717) is 10.9 Å². The van der Waals surface area contributed by atoms with Crippen molar-refractivity contribution < 1.29 is 4.79 Å². The number of nitrogens with one attached hydrogen (secondary N) is 2. The van der Waals surface area contributed by atoms with E-state index in [4.69, 9.17) is 0 Å². The number of amides is 1. The predicted octanol–water partition coefficient (Wildman–Crippen LogP) is 3.76. The lowest BCUT2D eigenvalue weighted by molar-refractivity contribution is -0.113. The molecule has 0 atom stereocenters. The molecule has 0 aliphatic heterocycles. The molecule has 2 N–H and O–H groups in total. The maximum absolute atomic E-state index is 12.1. The Balaban J connectivity index is 1.93. The molecule has 0 radical (unpaired) electrons. The van der Waals surface area contributed by atoms with Crippen molar-refractivity contribution in [3.05, 3.63) is 51.4 Å². The summed E-state index contributed by atoms with van der Waals surface area (Å²) < 4.78 is 0. The molecule has 0 spiro atoms. The van der Waals surface area contributed by atoms with Gasteiger partial charge in [0.1, 0.15) is 0 Å². The van der Waals surface area contributed by atoms with Crippen LogP contribution in [0.4, 0.5) is 5.69 Å². The Morgan fingerprint density at radius 1 is 1.28 bits per heavy atom. The van der Waals surface area contributed by atoms with Crippen molar-refractivity contribution in [2.24, 2.45) is 0 Å². The normalized spacial score (nSPS) is 10.7. The SMILES string of the molecule is CCCSCc1cc(=O)[nH]c(SCC(=O)Nc2ccc(C)cc2C)n1. The molecule has 1 amide bonds. The van der Waals surface area contributed by atoms with Gasteiger partial charge in [-0.05, 0) is 37.7 Å². The fourth-order valence-corrected chi connectivity index (χ4v) is 3.71. The van der Waals surface area contributed by atoms with Crippen molar-refractivity contribution >= 4 is 35.1 Å². The number of carbonyl (C=O) groups is 1. The van der Waals surface area contributed by atoms with Crippen molar-refractivity contribution in [2.45, 2.75) is 38.1 Å². The summed E-state index contributed by atoms with van der Waals surface area (Å²) in [7, 11) is 0. The number of aromatic amines is 1. The van der Waals surface area contributed by atoms with Crippen LogP contribution >= 0.6 is 23.5 Å². The van der Waals surface area contributed by atoms with E-state index in [1.165, 1.54) is 17.8 Å². The Morgan fingerprint density at radius 2 is 2.08 bits per heavy atom. The van der Waals surface area contributed by atoms with E-state index in [-0.39, 0.29) is 17.2 Å². The van der Waals surface area contributed by atoms with Gasteiger partial charge in [-0.2, -0.15) is 11.8 Å². The number of anilines is 1. The number of rotatable bonds is 8. The van der Waals surface area contributed by atoms with Crippen LogP contribution in [0.25, 0.3) is 0 Å². The number of carbonyl (C=O) groups excluding carboxylic acids is 1. The van der Waals surface area contributed by atoms with Crippen molar-refractivity contribution in [1.29, 1.82) is 0 Å². The molecule has 0 saturated carbocycles. The van der Waals surface area contributed by atoms with Crippen molar-refractivity contribution in [1.82, 2.24) is 9.97 Å². The maximum Gasteiger partial charge on any atom is 0.251 e. The van der Waals surface area contributed by atoms with Gasteiger partial charge in [-0.1, -0.05) is 36.4 Å². The Morgan fingerprint density at radius 3 is 2.80 bits per heavy atom. The van der Waals surface area contributed by atoms with Crippen LogP contribution in [0.5, 0.6) is 0 Å². The number of hydrogen-bond acceptors (Lipinski definition) is 5. The molecular formula is C18H23N3O2S2. The van der Waals surface area contributed by atoms with E-state index in [1.54, 1.807) is 11.8 Å². The fourth-order valence-electron chi connectivity index (χ4n) is 2.22. The second-order valence-corrected chi connectivity index (χ2v) is 7.82. The van der Waals surface area contributed by atoms with Gasteiger partial charge in [0.25, 0.3) is 5.56 Å². The first-order valence-corrected chi connectivity index (χ1v) is 10.3. The molecule has 1 aromatic carbocycles. The van der Waals surface area contributed by atoms with Gasteiger partial charge in [-0.15, -0.1) is 0 Å². The Kier molecular flexibility index (Phi) is 7.58. The van der Waals surface area contributed by atoms with E-state index in [2.05, 4.69) is 22.2 Å². The van der Waals surface area contributed by atoms with E-state index >= 15 is 0 Å². The lowest BCUT2D eigenvalue weighted by atomic mass is 10.1. The molecule has 1 aromatic heterocycles. The van der Waals surface area contributed by atoms with E-state index < -0.39 is 0 Å². The minimum Gasteiger partial charge on any atom is -0.325 e. The molecule has 134 valence electrons. The minimum absolute atomic E-state index is 0.120. The number of aryl methyl sites for hydroxylation is 2. The molecule has 0 saturated heterocycles. The highest BCUT2D eigenvalue weighted by Gasteiger charge is 2.08. The highest BCUT2D eigenvalue weighted by Crippen LogP contribution is 2.18.